The Morgan fingerprint density at radius 1 is 1.56 bits per heavy atom. The number of nitrogens with zero attached hydrogens (tertiary/aromatic N) is 1. The van der Waals surface area contributed by atoms with E-state index >= 15 is 0 Å². The van der Waals surface area contributed by atoms with Crippen LogP contribution in [0.2, 0.25) is 0 Å². The lowest BCUT2D eigenvalue weighted by Gasteiger charge is -2.10. The summed E-state index contributed by atoms with van der Waals surface area (Å²) in [7, 11) is 0. The van der Waals surface area contributed by atoms with Crippen LogP contribution in [0, 0.1) is 27.7 Å². The molecular weight excluding hydrogens is 248 g/mol. The van der Waals surface area contributed by atoms with Crippen molar-refractivity contribution in [3.05, 3.63) is 33.9 Å². The summed E-state index contributed by atoms with van der Waals surface area (Å²) >= 11 is 0. The first-order chi connectivity index (χ1) is 8.36. The molecule has 0 saturated carbocycles. The lowest BCUT2D eigenvalue weighted by atomic mass is 10.1. The molecule has 1 unspecified atom stereocenters. The smallest absolute Gasteiger partial charge is 0.298 e. The molecule has 3 N–H and O–H groups in total. The first kappa shape index (κ1) is 14.0. The van der Waals surface area contributed by atoms with Gasteiger partial charge in [-0.3, -0.25) is 14.9 Å². The predicted octanol–water partition coefficient (Wildman–Crippen LogP) is 1.41. The van der Waals surface area contributed by atoms with Crippen molar-refractivity contribution < 1.29 is 18.5 Å². The summed E-state index contributed by atoms with van der Waals surface area (Å²) in [4.78, 5) is 21.1. The highest BCUT2D eigenvalue weighted by molar-refractivity contribution is 5.94. The van der Waals surface area contributed by atoms with Crippen molar-refractivity contribution in [2.75, 3.05) is 11.9 Å². The Morgan fingerprint density at radius 3 is 2.67 bits per heavy atom. The minimum absolute atomic E-state index is 0.00243. The number of halogens is 2. The number of benzene rings is 1. The second-order valence-electron chi connectivity index (χ2n) is 3.66. The van der Waals surface area contributed by atoms with Crippen molar-refractivity contribution >= 4 is 17.3 Å². The Balaban J connectivity index is 3.15. The molecule has 0 radical (unpaired) electrons. The Labute approximate surface area is 101 Å². The van der Waals surface area contributed by atoms with Crippen molar-refractivity contribution in [1.29, 1.82) is 0 Å². The summed E-state index contributed by atoms with van der Waals surface area (Å²) < 4.78 is 26.3. The van der Waals surface area contributed by atoms with E-state index in [1.807, 2.05) is 5.32 Å². The van der Waals surface area contributed by atoms with Gasteiger partial charge in [0.25, 0.3) is 5.69 Å². The van der Waals surface area contributed by atoms with E-state index in [2.05, 4.69) is 0 Å². The average Bonchev–Trinajstić information content (AvgIpc) is 2.30. The average molecular weight is 259 g/mol. The van der Waals surface area contributed by atoms with Gasteiger partial charge in [-0.05, 0) is 0 Å². The SMILES string of the molecule is CC(CN)C(=O)Nc1c(F)cc(F)cc1[N+](=O)[O-]. The normalized spacial score (nSPS) is 12.0. The van der Waals surface area contributed by atoms with Crippen LogP contribution in [0.3, 0.4) is 0 Å². The molecule has 0 aliphatic rings. The molecule has 1 aromatic carbocycles. The van der Waals surface area contributed by atoms with Crippen LogP contribution in [0.5, 0.6) is 0 Å². The van der Waals surface area contributed by atoms with Gasteiger partial charge in [-0.1, -0.05) is 6.92 Å². The second kappa shape index (κ2) is 5.50. The third-order valence-electron chi connectivity index (χ3n) is 2.28. The van der Waals surface area contributed by atoms with Crippen LogP contribution in [-0.2, 0) is 4.79 Å². The van der Waals surface area contributed by atoms with E-state index in [1.165, 1.54) is 6.92 Å². The lowest BCUT2D eigenvalue weighted by Crippen LogP contribution is -2.27. The third kappa shape index (κ3) is 2.98. The summed E-state index contributed by atoms with van der Waals surface area (Å²) in [6.45, 7) is 1.48. The Kier molecular flexibility index (Phi) is 4.27. The van der Waals surface area contributed by atoms with E-state index in [-0.39, 0.29) is 6.54 Å². The number of carbonyl (C=O) groups is 1. The number of nitro benzene ring substituents is 1. The van der Waals surface area contributed by atoms with Crippen LogP contribution < -0.4 is 11.1 Å². The Hall–Kier alpha value is -2.09. The van der Waals surface area contributed by atoms with Gasteiger partial charge in [-0.2, -0.15) is 0 Å². The maximum absolute atomic E-state index is 13.4. The van der Waals surface area contributed by atoms with Crippen LogP contribution >= 0.6 is 0 Å². The molecule has 0 bridgehead atoms. The molecule has 6 nitrogen and oxygen atoms in total. The van der Waals surface area contributed by atoms with Crippen LogP contribution in [0.4, 0.5) is 20.2 Å². The van der Waals surface area contributed by atoms with Crippen molar-refractivity contribution in [2.45, 2.75) is 6.92 Å². The Morgan fingerprint density at radius 2 is 2.17 bits per heavy atom. The highest BCUT2D eigenvalue weighted by Crippen LogP contribution is 2.28. The van der Waals surface area contributed by atoms with Crippen molar-refractivity contribution in [3.63, 3.8) is 0 Å². The molecule has 18 heavy (non-hydrogen) atoms. The summed E-state index contributed by atoms with van der Waals surface area (Å²) in [6, 6.07) is 0.988. The highest BCUT2D eigenvalue weighted by Gasteiger charge is 2.23. The standard InChI is InChI=1S/C10H11F2N3O3/c1-5(4-13)10(16)14-9-7(12)2-6(11)3-8(9)15(17)18/h2-3,5H,4,13H2,1H3,(H,14,16). The van der Waals surface area contributed by atoms with Gasteiger partial charge in [0.2, 0.25) is 5.91 Å². The van der Waals surface area contributed by atoms with Crippen LogP contribution in [0.15, 0.2) is 12.1 Å². The molecule has 1 atom stereocenters. The molecule has 1 amide bonds. The number of anilines is 1. The third-order valence-corrected chi connectivity index (χ3v) is 2.28. The van der Waals surface area contributed by atoms with Gasteiger partial charge in [0, 0.05) is 18.5 Å². The summed E-state index contributed by atoms with van der Waals surface area (Å²) in [5.41, 5.74) is 3.74. The van der Waals surface area contributed by atoms with E-state index < -0.39 is 39.8 Å². The lowest BCUT2D eigenvalue weighted by molar-refractivity contribution is -0.384. The molecule has 0 heterocycles. The van der Waals surface area contributed by atoms with Gasteiger partial charge in [0.05, 0.1) is 11.0 Å². The van der Waals surface area contributed by atoms with E-state index in [0.717, 1.165) is 0 Å². The summed E-state index contributed by atoms with van der Waals surface area (Å²) in [5.74, 6) is -3.62. The van der Waals surface area contributed by atoms with Gasteiger partial charge in [0.15, 0.2) is 11.5 Å². The number of nitrogens with two attached hydrogens (primary N) is 1. The Bertz CT molecular complexity index is 494. The number of nitro groups is 1. The minimum atomic E-state index is -1.21. The molecular formula is C10H11F2N3O3. The number of amides is 1. The number of nitrogens with one attached hydrogen (secondary N) is 1. The number of hydrogen-bond acceptors (Lipinski definition) is 4. The topological polar surface area (TPSA) is 98.3 Å². The molecule has 98 valence electrons. The molecule has 0 aliphatic carbocycles. The van der Waals surface area contributed by atoms with Gasteiger partial charge >= 0.3 is 0 Å². The van der Waals surface area contributed by atoms with Crippen LogP contribution in [-0.4, -0.2) is 17.4 Å². The monoisotopic (exact) mass is 259 g/mol. The zero-order chi connectivity index (χ0) is 13.9. The van der Waals surface area contributed by atoms with Crippen molar-refractivity contribution in [1.82, 2.24) is 0 Å². The van der Waals surface area contributed by atoms with Crippen LogP contribution in [0.1, 0.15) is 6.92 Å². The maximum Gasteiger partial charge on any atom is 0.298 e. The first-order valence-electron chi connectivity index (χ1n) is 5.01. The largest absolute Gasteiger partial charge is 0.330 e. The molecule has 0 aromatic heterocycles. The zero-order valence-electron chi connectivity index (χ0n) is 9.44. The molecule has 1 aromatic rings. The minimum Gasteiger partial charge on any atom is -0.330 e. The van der Waals surface area contributed by atoms with Crippen LogP contribution in [0.25, 0.3) is 0 Å². The number of carbonyl (C=O) groups excluding carboxylic acids is 1. The fourth-order valence-electron chi connectivity index (χ4n) is 1.18. The molecule has 0 fully saturated rings. The van der Waals surface area contributed by atoms with E-state index in [0.29, 0.717) is 12.1 Å². The fraction of sp³-hybridized carbons (Fsp3) is 0.300. The number of rotatable bonds is 4. The molecule has 0 spiro atoms. The van der Waals surface area contributed by atoms with Gasteiger partial charge in [0.1, 0.15) is 5.82 Å². The van der Waals surface area contributed by atoms with Gasteiger partial charge < -0.3 is 11.1 Å². The predicted molar refractivity (Wildman–Crippen MR) is 59.9 cm³/mol. The quantitative estimate of drug-likeness (QED) is 0.630. The van der Waals surface area contributed by atoms with Gasteiger partial charge in [-0.15, -0.1) is 0 Å². The summed E-state index contributed by atoms with van der Waals surface area (Å²) in [5, 5.41) is 12.7. The molecule has 0 saturated heterocycles. The zero-order valence-corrected chi connectivity index (χ0v) is 9.44. The maximum atomic E-state index is 13.4. The molecule has 0 aliphatic heterocycles. The van der Waals surface area contributed by atoms with Crippen molar-refractivity contribution in [2.24, 2.45) is 11.7 Å². The van der Waals surface area contributed by atoms with Gasteiger partial charge in [-0.25, -0.2) is 8.78 Å². The van der Waals surface area contributed by atoms with E-state index in [9.17, 15) is 23.7 Å². The first-order valence-corrected chi connectivity index (χ1v) is 5.01. The summed E-state index contributed by atoms with van der Waals surface area (Å²) in [6.07, 6.45) is 0. The fourth-order valence-corrected chi connectivity index (χ4v) is 1.18. The molecule has 1 rings (SSSR count). The molecule has 8 heteroatoms. The highest BCUT2D eigenvalue weighted by atomic mass is 19.1. The number of hydrogen-bond donors (Lipinski definition) is 2. The van der Waals surface area contributed by atoms with Crippen molar-refractivity contribution in [3.8, 4) is 0 Å². The second-order valence-corrected chi connectivity index (χ2v) is 3.66. The van der Waals surface area contributed by atoms with E-state index in [4.69, 9.17) is 5.73 Å². The van der Waals surface area contributed by atoms with E-state index in [1.54, 1.807) is 0 Å².